The highest BCUT2D eigenvalue weighted by atomic mass is 35.5. The summed E-state index contributed by atoms with van der Waals surface area (Å²) in [6.45, 7) is 0. The summed E-state index contributed by atoms with van der Waals surface area (Å²) < 4.78 is 0. The van der Waals surface area contributed by atoms with E-state index in [9.17, 15) is 0 Å². The zero-order valence-electron chi connectivity index (χ0n) is 9.07. The van der Waals surface area contributed by atoms with Crippen molar-refractivity contribution in [3.8, 4) is 11.8 Å². The Bertz CT molecular complexity index is 574. The van der Waals surface area contributed by atoms with Crippen LogP contribution < -0.4 is 0 Å². The van der Waals surface area contributed by atoms with Gasteiger partial charge in [-0.25, -0.2) is 0 Å². The van der Waals surface area contributed by atoms with Crippen LogP contribution in [0.15, 0.2) is 54.6 Å². The molecule has 2 rings (SSSR count). The number of hydrogen-bond donors (Lipinski definition) is 1. The van der Waals surface area contributed by atoms with Gasteiger partial charge in [0.15, 0.2) is 0 Å². The number of halogens is 1. The van der Waals surface area contributed by atoms with Gasteiger partial charge in [-0.2, -0.15) is 0 Å². The van der Waals surface area contributed by atoms with E-state index in [0.29, 0.717) is 10.7 Å². The Balaban J connectivity index is 2.18. The molecular formula is C15H10ClN. The molecule has 0 aliphatic carbocycles. The number of rotatable bonds is 1. The van der Waals surface area contributed by atoms with Crippen LogP contribution in [-0.2, 0) is 0 Å². The van der Waals surface area contributed by atoms with Crippen LogP contribution in [0.4, 0.5) is 0 Å². The molecule has 0 amide bonds. The lowest BCUT2D eigenvalue weighted by Crippen LogP contribution is -1.94. The molecule has 0 spiro atoms. The summed E-state index contributed by atoms with van der Waals surface area (Å²) >= 11 is 5.78. The molecule has 0 unspecified atom stereocenters. The monoisotopic (exact) mass is 239 g/mol. The van der Waals surface area contributed by atoms with Gasteiger partial charge in [0.25, 0.3) is 0 Å². The van der Waals surface area contributed by atoms with Gasteiger partial charge in [0.2, 0.25) is 0 Å². The van der Waals surface area contributed by atoms with Crippen molar-refractivity contribution in [3.63, 3.8) is 0 Å². The van der Waals surface area contributed by atoms with Gasteiger partial charge in [-0.3, -0.25) is 5.41 Å². The maximum Gasteiger partial charge on any atom is 0.112 e. The Labute approximate surface area is 106 Å². The predicted molar refractivity (Wildman–Crippen MR) is 71.6 cm³/mol. The van der Waals surface area contributed by atoms with E-state index in [4.69, 9.17) is 17.0 Å². The Morgan fingerprint density at radius 1 is 0.941 bits per heavy atom. The minimum atomic E-state index is 0.297. The summed E-state index contributed by atoms with van der Waals surface area (Å²) in [6.07, 6.45) is 0. The molecule has 82 valence electrons. The molecule has 0 atom stereocenters. The normalized spacial score (nSPS) is 9.24. The largest absolute Gasteiger partial charge is 0.291 e. The van der Waals surface area contributed by atoms with Gasteiger partial charge in [0, 0.05) is 16.1 Å². The number of hydrogen-bond acceptors (Lipinski definition) is 1. The third-order valence-electron chi connectivity index (χ3n) is 2.24. The second kappa shape index (κ2) is 5.34. The third kappa shape index (κ3) is 3.21. The zero-order chi connectivity index (χ0) is 12.1. The van der Waals surface area contributed by atoms with Gasteiger partial charge in [0.05, 0.1) is 0 Å². The highest BCUT2D eigenvalue weighted by Crippen LogP contribution is 2.09. The van der Waals surface area contributed by atoms with Crippen molar-refractivity contribution < 1.29 is 0 Å². The first kappa shape index (κ1) is 11.4. The van der Waals surface area contributed by atoms with Gasteiger partial charge in [-0.05, 0) is 30.2 Å². The van der Waals surface area contributed by atoms with E-state index in [1.807, 2.05) is 30.3 Å². The Morgan fingerprint density at radius 3 is 2.24 bits per heavy atom. The lowest BCUT2D eigenvalue weighted by Gasteiger charge is -1.96. The fourth-order valence-electron chi connectivity index (χ4n) is 1.34. The summed E-state index contributed by atoms with van der Waals surface area (Å²) in [6, 6.07) is 16.7. The first-order chi connectivity index (χ1) is 8.25. The van der Waals surface area contributed by atoms with Crippen molar-refractivity contribution in [2.45, 2.75) is 0 Å². The Kier molecular flexibility index (Phi) is 3.59. The minimum Gasteiger partial charge on any atom is -0.291 e. The maximum atomic E-state index is 7.83. The van der Waals surface area contributed by atoms with E-state index in [1.54, 1.807) is 24.3 Å². The molecule has 0 aliphatic rings. The minimum absolute atomic E-state index is 0.297. The quantitative estimate of drug-likeness (QED) is 0.579. The topological polar surface area (TPSA) is 23.9 Å². The lowest BCUT2D eigenvalue weighted by atomic mass is 10.1. The van der Waals surface area contributed by atoms with Crippen LogP contribution >= 0.6 is 11.6 Å². The molecular weight excluding hydrogens is 230 g/mol. The standard InChI is InChI=1S/C15H10ClN/c16-14-9-7-13(8-10-14)15(17)11-6-12-4-2-1-3-5-12/h1-5,7-10,17H. The predicted octanol–water partition coefficient (Wildman–Crippen LogP) is 3.76. The molecule has 2 aromatic carbocycles. The second-order valence-corrected chi connectivity index (χ2v) is 3.93. The van der Waals surface area contributed by atoms with Crippen molar-refractivity contribution >= 4 is 17.3 Å². The first-order valence-corrected chi connectivity index (χ1v) is 5.55. The fraction of sp³-hybridized carbons (Fsp3) is 0. The summed E-state index contributed by atoms with van der Waals surface area (Å²) in [4.78, 5) is 0. The molecule has 0 aliphatic heterocycles. The summed E-state index contributed by atoms with van der Waals surface area (Å²) in [5, 5.41) is 8.50. The van der Waals surface area contributed by atoms with Gasteiger partial charge in [0.1, 0.15) is 5.71 Å². The molecule has 0 heterocycles. The van der Waals surface area contributed by atoms with Crippen molar-refractivity contribution in [1.29, 1.82) is 5.41 Å². The van der Waals surface area contributed by atoms with E-state index in [-0.39, 0.29) is 0 Å². The summed E-state index contributed by atoms with van der Waals surface area (Å²) in [7, 11) is 0. The van der Waals surface area contributed by atoms with E-state index in [2.05, 4.69) is 11.8 Å². The maximum absolute atomic E-state index is 7.83. The molecule has 2 aromatic rings. The van der Waals surface area contributed by atoms with Crippen LogP contribution in [0.3, 0.4) is 0 Å². The van der Waals surface area contributed by atoms with Gasteiger partial charge in [-0.1, -0.05) is 47.9 Å². The van der Waals surface area contributed by atoms with Crippen LogP contribution in [0.25, 0.3) is 0 Å². The van der Waals surface area contributed by atoms with E-state index >= 15 is 0 Å². The summed E-state index contributed by atoms with van der Waals surface area (Å²) in [5.74, 6) is 5.77. The highest BCUT2D eigenvalue weighted by Gasteiger charge is 1.96. The average Bonchev–Trinajstić information content (AvgIpc) is 2.38. The molecule has 1 N–H and O–H groups in total. The smallest absolute Gasteiger partial charge is 0.112 e. The fourth-order valence-corrected chi connectivity index (χ4v) is 1.47. The molecule has 1 nitrogen and oxygen atoms in total. The number of nitrogens with one attached hydrogen (secondary N) is 1. The van der Waals surface area contributed by atoms with Crippen molar-refractivity contribution in [2.24, 2.45) is 0 Å². The van der Waals surface area contributed by atoms with Crippen molar-refractivity contribution in [1.82, 2.24) is 0 Å². The van der Waals surface area contributed by atoms with Crippen LogP contribution in [0.2, 0.25) is 5.02 Å². The average molecular weight is 240 g/mol. The highest BCUT2D eigenvalue weighted by molar-refractivity contribution is 6.30. The molecule has 0 fully saturated rings. The molecule has 2 heteroatoms. The number of benzene rings is 2. The van der Waals surface area contributed by atoms with E-state index < -0.39 is 0 Å². The van der Waals surface area contributed by atoms with E-state index in [1.165, 1.54) is 0 Å². The van der Waals surface area contributed by atoms with E-state index in [0.717, 1.165) is 11.1 Å². The van der Waals surface area contributed by atoms with Gasteiger partial charge >= 0.3 is 0 Å². The van der Waals surface area contributed by atoms with Crippen LogP contribution in [0, 0.1) is 17.3 Å². The van der Waals surface area contributed by atoms with Gasteiger partial charge < -0.3 is 0 Å². The molecule has 0 saturated carbocycles. The van der Waals surface area contributed by atoms with Crippen LogP contribution in [0.1, 0.15) is 11.1 Å². The SMILES string of the molecule is N=C(C#Cc1ccccc1)c1ccc(Cl)cc1. The Hall–Kier alpha value is -2.04. The Morgan fingerprint density at radius 2 is 1.59 bits per heavy atom. The van der Waals surface area contributed by atoms with Crippen LogP contribution in [-0.4, -0.2) is 5.71 Å². The van der Waals surface area contributed by atoms with Gasteiger partial charge in [-0.15, -0.1) is 0 Å². The zero-order valence-corrected chi connectivity index (χ0v) is 9.83. The molecule has 0 radical (unpaired) electrons. The molecule has 17 heavy (non-hydrogen) atoms. The molecule has 0 saturated heterocycles. The van der Waals surface area contributed by atoms with Crippen molar-refractivity contribution in [3.05, 3.63) is 70.7 Å². The molecule has 0 aromatic heterocycles. The first-order valence-electron chi connectivity index (χ1n) is 5.17. The molecule has 0 bridgehead atoms. The lowest BCUT2D eigenvalue weighted by molar-refractivity contribution is 1.50. The second-order valence-electron chi connectivity index (χ2n) is 3.50. The summed E-state index contributed by atoms with van der Waals surface area (Å²) in [5.41, 5.74) is 1.98. The third-order valence-corrected chi connectivity index (χ3v) is 2.49. The van der Waals surface area contributed by atoms with Crippen LogP contribution in [0.5, 0.6) is 0 Å². The van der Waals surface area contributed by atoms with Crippen molar-refractivity contribution in [2.75, 3.05) is 0 Å².